The van der Waals surface area contributed by atoms with Crippen LogP contribution in [0.1, 0.15) is 0 Å². The average Bonchev–Trinajstić information content (AvgIpc) is 1.37. The van der Waals surface area contributed by atoms with Gasteiger partial charge in [-0.05, 0) is 0 Å². The van der Waals surface area contributed by atoms with Crippen LogP contribution in [0.4, 0.5) is 0 Å². The molecule has 0 saturated carbocycles. The Labute approximate surface area is 39.3 Å². The summed E-state index contributed by atoms with van der Waals surface area (Å²) >= 11 is 1.73. The molecule has 0 aliphatic heterocycles. The first-order chi connectivity index (χ1) is 1.91. The first-order valence-corrected chi connectivity index (χ1v) is 1.68. The highest BCUT2D eigenvalue weighted by molar-refractivity contribution is 14.1. The number of hydrogen-bond donors (Lipinski definition) is 0. The molecule has 0 aromatic carbocycles. The molecule has 0 aliphatic carbocycles. The van der Waals surface area contributed by atoms with E-state index in [2.05, 4.69) is 9.65 Å². The van der Waals surface area contributed by atoms with Crippen LogP contribution in [0.5, 0.6) is 0 Å². The molecule has 0 spiro atoms. The third kappa shape index (κ3) is 2.27. The molecule has 0 rings (SSSR count). The molecule has 0 aromatic heterocycles. The summed E-state index contributed by atoms with van der Waals surface area (Å²) in [5.41, 5.74) is 0. The molecule has 0 unspecified atom stereocenters. The van der Waals surface area contributed by atoms with Gasteiger partial charge < -0.3 is 3.07 Å². The van der Waals surface area contributed by atoms with Crippen LogP contribution in [0.15, 0.2) is 12.8 Å². The topological polar surface area (TPSA) is 9.23 Å². The molecule has 0 atom stereocenters. The van der Waals surface area contributed by atoms with Gasteiger partial charge in [-0.2, -0.15) is 0 Å². The van der Waals surface area contributed by atoms with Crippen molar-refractivity contribution in [1.82, 2.24) is 0 Å². The van der Waals surface area contributed by atoms with Crippen molar-refractivity contribution in [2.75, 3.05) is 0 Å². The fraction of sp³-hybridized carbons (Fsp3) is 0. The van der Waals surface area contributed by atoms with Crippen LogP contribution in [0, 0.1) is 0 Å². The maximum absolute atomic E-state index is 4.28. The predicted molar refractivity (Wildman–Crippen MR) is 25.3 cm³/mol. The van der Waals surface area contributed by atoms with Crippen molar-refractivity contribution in [2.45, 2.75) is 0 Å². The van der Waals surface area contributed by atoms with E-state index in [0.29, 0.717) is 0 Å². The normalized spacial score (nSPS) is 5.25. The highest BCUT2D eigenvalue weighted by Crippen LogP contribution is 1.79. The van der Waals surface area contributed by atoms with Crippen molar-refractivity contribution in [3.63, 3.8) is 0 Å². The Morgan fingerprint density at radius 2 is 2.25 bits per heavy atom. The maximum Gasteiger partial charge on any atom is 0.191 e. The van der Waals surface area contributed by atoms with Gasteiger partial charge >= 0.3 is 0 Å². The fourth-order valence-corrected chi connectivity index (χ4v) is 0. The van der Waals surface area contributed by atoms with E-state index in [1.807, 2.05) is 0 Å². The average molecular weight is 170 g/mol. The van der Waals surface area contributed by atoms with Crippen molar-refractivity contribution < 1.29 is 3.07 Å². The van der Waals surface area contributed by atoms with Gasteiger partial charge in [0.15, 0.2) is 23.0 Å². The van der Waals surface area contributed by atoms with Gasteiger partial charge in [0.2, 0.25) is 0 Å². The van der Waals surface area contributed by atoms with Crippen LogP contribution >= 0.6 is 23.0 Å². The SMILES string of the molecule is C=COI. The minimum atomic E-state index is 1.36. The summed E-state index contributed by atoms with van der Waals surface area (Å²) in [7, 11) is 0. The maximum atomic E-state index is 4.28. The smallest absolute Gasteiger partial charge is 0.191 e. The third-order valence-corrected chi connectivity index (χ3v) is 0.423. The molecule has 0 aromatic rings. The zero-order valence-corrected chi connectivity index (χ0v) is 4.23. The first-order valence-electron chi connectivity index (χ1n) is 0.798. The lowest BCUT2D eigenvalue weighted by Gasteiger charge is -1.67. The Bertz CT molecular complexity index is 20.0. The van der Waals surface area contributed by atoms with Gasteiger partial charge in [-0.15, -0.1) is 0 Å². The van der Waals surface area contributed by atoms with E-state index >= 15 is 0 Å². The second-order valence-corrected chi connectivity index (χ2v) is 0.764. The van der Waals surface area contributed by atoms with Crippen LogP contribution in [-0.2, 0) is 3.07 Å². The summed E-state index contributed by atoms with van der Waals surface area (Å²) in [5.74, 6) is 0. The Morgan fingerprint density at radius 1 is 2.00 bits per heavy atom. The number of hydrogen-bond acceptors (Lipinski definition) is 1. The van der Waals surface area contributed by atoms with Gasteiger partial charge in [-0.3, -0.25) is 0 Å². The largest absolute Gasteiger partial charge is 0.436 e. The van der Waals surface area contributed by atoms with Gasteiger partial charge in [0.1, 0.15) is 0 Å². The quantitative estimate of drug-likeness (QED) is 0.427. The van der Waals surface area contributed by atoms with Gasteiger partial charge in [-0.1, -0.05) is 6.58 Å². The van der Waals surface area contributed by atoms with Crippen molar-refractivity contribution in [1.29, 1.82) is 0 Å². The summed E-state index contributed by atoms with van der Waals surface area (Å²) in [6.07, 6.45) is 1.36. The van der Waals surface area contributed by atoms with Crippen molar-refractivity contribution >= 4 is 23.0 Å². The van der Waals surface area contributed by atoms with Crippen LogP contribution < -0.4 is 0 Å². The van der Waals surface area contributed by atoms with Crippen LogP contribution in [0.25, 0.3) is 0 Å². The molecule has 0 aliphatic rings. The van der Waals surface area contributed by atoms with Crippen molar-refractivity contribution in [2.24, 2.45) is 0 Å². The molecule has 0 saturated heterocycles. The summed E-state index contributed by atoms with van der Waals surface area (Å²) in [5, 5.41) is 0. The minimum absolute atomic E-state index is 1.36. The molecule has 4 heavy (non-hydrogen) atoms. The third-order valence-electron chi connectivity index (χ3n) is 0.0630. The van der Waals surface area contributed by atoms with E-state index in [0.717, 1.165) is 0 Å². The molecule has 24 valence electrons. The van der Waals surface area contributed by atoms with Crippen molar-refractivity contribution in [3.8, 4) is 0 Å². The summed E-state index contributed by atoms with van der Waals surface area (Å²) < 4.78 is 4.28. The van der Waals surface area contributed by atoms with Crippen LogP contribution in [0.3, 0.4) is 0 Å². The molecule has 0 radical (unpaired) electrons. The van der Waals surface area contributed by atoms with E-state index in [1.165, 1.54) is 6.26 Å². The molecular formula is C2H3IO. The van der Waals surface area contributed by atoms with E-state index in [9.17, 15) is 0 Å². The first kappa shape index (κ1) is 4.27. The monoisotopic (exact) mass is 170 g/mol. The summed E-state index contributed by atoms with van der Waals surface area (Å²) in [6.45, 7) is 3.25. The predicted octanol–water partition coefficient (Wildman–Crippen LogP) is 1.50. The summed E-state index contributed by atoms with van der Waals surface area (Å²) in [4.78, 5) is 0. The van der Waals surface area contributed by atoms with E-state index < -0.39 is 0 Å². The zero-order chi connectivity index (χ0) is 3.41. The van der Waals surface area contributed by atoms with Crippen LogP contribution in [-0.4, -0.2) is 0 Å². The molecule has 2 heteroatoms. The Hall–Kier alpha value is 0.270. The molecule has 0 heterocycles. The Morgan fingerprint density at radius 3 is 2.25 bits per heavy atom. The van der Waals surface area contributed by atoms with E-state index in [-0.39, 0.29) is 0 Å². The van der Waals surface area contributed by atoms with Crippen molar-refractivity contribution in [3.05, 3.63) is 12.8 Å². The minimum Gasteiger partial charge on any atom is -0.436 e. The van der Waals surface area contributed by atoms with Gasteiger partial charge in [0, 0.05) is 0 Å². The molecule has 1 nitrogen and oxygen atoms in total. The molecule has 0 bridgehead atoms. The highest BCUT2D eigenvalue weighted by Gasteiger charge is 1.41. The Balaban J connectivity index is 2.30. The lowest BCUT2D eigenvalue weighted by molar-refractivity contribution is 0.640. The van der Waals surface area contributed by atoms with E-state index in [1.54, 1.807) is 23.0 Å². The highest BCUT2D eigenvalue weighted by atomic mass is 127. The lowest BCUT2D eigenvalue weighted by Crippen LogP contribution is -1.36. The fourth-order valence-electron chi connectivity index (χ4n) is 0. The van der Waals surface area contributed by atoms with Crippen LogP contribution in [0.2, 0.25) is 0 Å². The second-order valence-electron chi connectivity index (χ2n) is 0.256. The number of halogens is 1. The molecule has 0 N–H and O–H groups in total. The lowest BCUT2D eigenvalue weighted by atomic mass is 11.2. The summed E-state index contributed by atoms with van der Waals surface area (Å²) in [6, 6.07) is 0. The van der Waals surface area contributed by atoms with Gasteiger partial charge in [-0.25, -0.2) is 0 Å². The van der Waals surface area contributed by atoms with Gasteiger partial charge in [0.25, 0.3) is 0 Å². The molecule has 0 amide bonds. The molecule has 0 fully saturated rings. The zero-order valence-electron chi connectivity index (χ0n) is 2.07. The molecular weight excluding hydrogens is 167 g/mol. The second kappa shape index (κ2) is 3.27. The number of rotatable bonds is 1. The van der Waals surface area contributed by atoms with E-state index in [4.69, 9.17) is 0 Å². The van der Waals surface area contributed by atoms with Gasteiger partial charge in [0.05, 0.1) is 6.26 Å². The Kier molecular flexibility index (Phi) is 3.49. The standard InChI is InChI=1S/C2H3IO/c1-2-4-3/h2H,1H2.